The number of hydrogen-bond donors (Lipinski definition) is 1. The van der Waals surface area contributed by atoms with Gasteiger partial charge in [0.1, 0.15) is 0 Å². The van der Waals surface area contributed by atoms with Crippen LogP contribution in [0.5, 0.6) is 0 Å². The molecule has 0 spiro atoms. The molecule has 24 heavy (non-hydrogen) atoms. The van der Waals surface area contributed by atoms with E-state index in [0.29, 0.717) is 13.0 Å². The molecule has 0 aliphatic heterocycles. The lowest BCUT2D eigenvalue weighted by atomic mass is 9.86. The van der Waals surface area contributed by atoms with Crippen molar-refractivity contribution in [1.82, 2.24) is 5.32 Å². The predicted molar refractivity (Wildman–Crippen MR) is 99.7 cm³/mol. The van der Waals surface area contributed by atoms with Crippen LogP contribution in [-0.4, -0.2) is 11.7 Å². The quantitative estimate of drug-likeness (QED) is 0.704. The Hall–Kier alpha value is -1.46. The third-order valence-electron chi connectivity index (χ3n) is 4.63. The lowest BCUT2D eigenvalue weighted by Gasteiger charge is -2.20. The molecule has 0 radical (unpaired) electrons. The molecular weight excluding hydrogens is 338 g/mol. The van der Waals surface area contributed by atoms with Crippen LogP contribution in [-0.2, 0) is 11.3 Å². The maximum atomic E-state index is 12.3. The van der Waals surface area contributed by atoms with E-state index in [1.54, 1.807) is 0 Å². The summed E-state index contributed by atoms with van der Waals surface area (Å²) in [5.41, 5.74) is 0.741. The molecule has 2 aromatic heterocycles. The van der Waals surface area contributed by atoms with E-state index < -0.39 is 0 Å². The van der Waals surface area contributed by atoms with Gasteiger partial charge in [0, 0.05) is 22.2 Å². The van der Waals surface area contributed by atoms with Gasteiger partial charge in [0.2, 0.25) is 11.7 Å². The van der Waals surface area contributed by atoms with Crippen molar-refractivity contribution < 1.29 is 9.59 Å². The number of thiophene rings is 2. The van der Waals surface area contributed by atoms with Crippen LogP contribution in [0.1, 0.15) is 65.1 Å². The topological polar surface area (TPSA) is 46.2 Å². The summed E-state index contributed by atoms with van der Waals surface area (Å²) in [5, 5.41) is 6.77. The van der Waals surface area contributed by atoms with Gasteiger partial charge in [-0.05, 0) is 35.9 Å². The number of hydrogen-bond acceptors (Lipinski definition) is 4. The first-order chi connectivity index (χ1) is 11.7. The third kappa shape index (κ3) is 4.77. The molecule has 1 aliphatic carbocycles. The van der Waals surface area contributed by atoms with Crippen LogP contribution < -0.4 is 5.32 Å². The summed E-state index contributed by atoms with van der Waals surface area (Å²) in [6.07, 6.45) is 8.20. The van der Waals surface area contributed by atoms with Gasteiger partial charge >= 0.3 is 0 Å². The first kappa shape index (κ1) is 17.4. The molecule has 1 N–H and O–H groups in total. The normalized spacial score (nSPS) is 15.3. The fraction of sp³-hybridized carbons (Fsp3) is 0.474. The summed E-state index contributed by atoms with van der Waals surface area (Å²) in [6, 6.07) is 5.64. The SMILES string of the molecule is O=C(CCC1CCCCC1)NCc1ccc(C(=O)c2ccsc2)s1. The maximum absolute atomic E-state index is 12.3. The molecule has 2 aromatic rings. The number of carbonyl (C=O) groups excluding carboxylic acids is 2. The maximum Gasteiger partial charge on any atom is 0.220 e. The molecule has 0 atom stereocenters. The molecule has 1 aliphatic rings. The number of rotatable bonds is 7. The second-order valence-corrected chi connectivity index (χ2v) is 8.37. The number of carbonyl (C=O) groups is 2. The Labute approximate surface area is 151 Å². The van der Waals surface area contributed by atoms with E-state index in [1.165, 1.54) is 54.8 Å². The minimum Gasteiger partial charge on any atom is -0.351 e. The Morgan fingerprint density at radius 1 is 1.12 bits per heavy atom. The summed E-state index contributed by atoms with van der Waals surface area (Å²) in [5.74, 6) is 0.928. The number of amides is 1. The van der Waals surface area contributed by atoms with Crippen LogP contribution in [0.2, 0.25) is 0 Å². The number of nitrogens with one attached hydrogen (secondary N) is 1. The highest BCUT2D eigenvalue weighted by atomic mass is 32.1. The van der Waals surface area contributed by atoms with E-state index in [-0.39, 0.29) is 11.7 Å². The van der Waals surface area contributed by atoms with Gasteiger partial charge in [-0.1, -0.05) is 32.1 Å². The molecule has 5 heteroatoms. The van der Waals surface area contributed by atoms with Gasteiger partial charge < -0.3 is 5.32 Å². The Bertz CT molecular complexity index is 669. The summed E-state index contributed by atoms with van der Waals surface area (Å²) >= 11 is 3.00. The summed E-state index contributed by atoms with van der Waals surface area (Å²) in [6.45, 7) is 0.519. The second-order valence-electron chi connectivity index (χ2n) is 6.43. The average molecular weight is 362 g/mol. The molecule has 3 nitrogen and oxygen atoms in total. The van der Waals surface area contributed by atoms with E-state index in [4.69, 9.17) is 0 Å². The molecule has 3 rings (SSSR count). The molecule has 1 fully saturated rings. The molecular formula is C19H23NO2S2. The zero-order valence-corrected chi connectivity index (χ0v) is 15.4. The van der Waals surface area contributed by atoms with Crippen molar-refractivity contribution in [2.75, 3.05) is 0 Å². The summed E-state index contributed by atoms with van der Waals surface area (Å²) in [4.78, 5) is 26.0. The van der Waals surface area contributed by atoms with Gasteiger partial charge in [-0.15, -0.1) is 11.3 Å². The van der Waals surface area contributed by atoms with Gasteiger partial charge in [-0.3, -0.25) is 9.59 Å². The van der Waals surface area contributed by atoms with Crippen molar-refractivity contribution in [3.63, 3.8) is 0 Å². The monoisotopic (exact) mass is 361 g/mol. The summed E-state index contributed by atoms with van der Waals surface area (Å²) < 4.78 is 0. The fourth-order valence-electron chi connectivity index (χ4n) is 3.22. The molecule has 0 unspecified atom stereocenters. The van der Waals surface area contributed by atoms with E-state index in [9.17, 15) is 9.59 Å². The van der Waals surface area contributed by atoms with Crippen LogP contribution in [0.3, 0.4) is 0 Å². The summed E-state index contributed by atoms with van der Waals surface area (Å²) in [7, 11) is 0. The molecule has 0 saturated heterocycles. The zero-order valence-electron chi connectivity index (χ0n) is 13.8. The van der Waals surface area contributed by atoms with Crippen molar-refractivity contribution in [3.05, 3.63) is 44.3 Å². The van der Waals surface area contributed by atoms with Crippen LogP contribution in [0.15, 0.2) is 29.0 Å². The average Bonchev–Trinajstić information content (AvgIpc) is 3.30. The van der Waals surface area contributed by atoms with Gasteiger partial charge in [0.15, 0.2) is 0 Å². The van der Waals surface area contributed by atoms with Crippen LogP contribution in [0.25, 0.3) is 0 Å². The minimum absolute atomic E-state index is 0.0659. The van der Waals surface area contributed by atoms with E-state index in [2.05, 4.69) is 5.32 Å². The van der Waals surface area contributed by atoms with E-state index >= 15 is 0 Å². The lowest BCUT2D eigenvalue weighted by Crippen LogP contribution is -2.23. The molecule has 0 bridgehead atoms. The molecule has 2 heterocycles. The van der Waals surface area contributed by atoms with Crippen molar-refractivity contribution >= 4 is 34.4 Å². The van der Waals surface area contributed by atoms with Gasteiger partial charge in [-0.25, -0.2) is 0 Å². The highest BCUT2D eigenvalue weighted by Gasteiger charge is 2.15. The third-order valence-corrected chi connectivity index (χ3v) is 6.40. The highest BCUT2D eigenvalue weighted by molar-refractivity contribution is 7.14. The van der Waals surface area contributed by atoms with Crippen LogP contribution in [0.4, 0.5) is 0 Å². The Kier molecular flexibility index (Phi) is 6.21. The lowest BCUT2D eigenvalue weighted by molar-refractivity contribution is -0.121. The molecule has 1 saturated carbocycles. The fourth-order valence-corrected chi connectivity index (χ4v) is 4.76. The smallest absolute Gasteiger partial charge is 0.220 e. The van der Waals surface area contributed by atoms with Crippen molar-refractivity contribution in [1.29, 1.82) is 0 Å². The Morgan fingerprint density at radius 3 is 2.71 bits per heavy atom. The van der Waals surface area contributed by atoms with E-state index in [1.807, 2.05) is 29.0 Å². The van der Waals surface area contributed by atoms with Crippen LogP contribution in [0, 0.1) is 5.92 Å². The van der Waals surface area contributed by atoms with Crippen molar-refractivity contribution in [3.8, 4) is 0 Å². The van der Waals surface area contributed by atoms with Crippen LogP contribution >= 0.6 is 22.7 Å². The molecule has 128 valence electrons. The first-order valence-corrected chi connectivity index (χ1v) is 10.4. The largest absolute Gasteiger partial charge is 0.351 e. The second kappa shape index (κ2) is 8.58. The standard InChI is InChI=1S/C19H23NO2S2/c21-18(9-6-14-4-2-1-3-5-14)20-12-16-7-8-17(24-16)19(22)15-10-11-23-13-15/h7-8,10-11,13-14H,1-6,9,12H2,(H,20,21). The van der Waals surface area contributed by atoms with Gasteiger partial charge in [-0.2, -0.15) is 11.3 Å². The van der Waals surface area contributed by atoms with Gasteiger partial charge in [0.25, 0.3) is 0 Å². The van der Waals surface area contributed by atoms with Crippen molar-refractivity contribution in [2.24, 2.45) is 5.92 Å². The number of ketones is 1. The Morgan fingerprint density at radius 2 is 1.96 bits per heavy atom. The van der Waals surface area contributed by atoms with Crippen molar-refractivity contribution in [2.45, 2.75) is 51.5 Å². The molecule has 0 aromatic carbocycles. The zero-order chi connectivity index (χ0) is 16.8. The minimum atomic E-state index is 0.0659. The highest BCUT2D eigenvalue weighted by Crippen LogP contribution is 2.27. The first-order valence-electron chi connectivity index (χ1n) is 8.64. The predicted octanol–water partition coefficient (Wildman–Crippen LogP) is 5.02. The Balaban J connectivity index is 1.43. The molecule has 1 amide bonds. The van der Waals surface area contributed by atoms with E-state index in [0.717, 1.165) is 27.7 Å². The van der Waals surface area contributed by atoms with Gasteiger partial charge in [0.05, 0.1) is 11.4 Å².